The van der Waals surface area contributed by atoms with Crippen molar-refractivity contribution in [1.29, 1.82) is 0 Å². The Hall–Kier alpha value is -3.73. The first-order valence-electron chi connectivity index (χ1n) is 12.9. The third kappa shape index (κ3) is 6.04. The molecule has 0 saturated carbocycles. The van der Waals surface area contributed by atoms with Gasteiger partial charge in [0.05, 0.1) is 12.7 Å². The number of hydrogen-bond donors (Lipinski definition) is 0. The van der Waals surface area contributed by atoms with E-state index in [-0.39, 0.29) is 0 Å². The van der Waals surface area contributed by atoms with Gasteiger partial charge in [-0.05, 0) is 44.0 Å². The topological polar surface area (TPSA) is 71.4 Å². The maximum atomic E-state index is 13.7. The number of nitrogens with zero attached hydrogens (tertiary/aromatic N) is 3. The number of allylic oxidation sites excluding steroid dienone is 1. The number of esters is 2. The standard InChI is InChI=1S/C31H35N3O4/c1-6-24-13-10-14-26(19-24)29-27(30(35)37-5)21(2)32-22(3)28(29)31(36)38-23(4)34-17-15-33(16-18-34)20-25-11-8-7-9-12-25/h1,7-14,19,23,27,29H,15-18,20H2,2-5H3. The summed E-state index contributed by atoms with van der Waals surface area (Å²) < 4.78 is 11.1. The predicted molar refractivity (Wildman–Crippen MR) is 147 cm³/mol. The minimum atomic E-state index is -0.754. The van der Waals surface area contributed by atoms with Crippen molar-refractivity contribution < 1.29 is 19.1 Å². The summed E-state index contributed by atoms with van der Waals surface area (Å²) in [5, 5.41) is 0. The highest BCUT2D eigenvalue weighted by molar-refractivity contribution is 6.07. The Bertz CT molecular complexity index is 1270. The molecule has 0 aromatic heterocycles. The van der Waals surface area contributed by atoms with Crippen LogP contribution in [0, 0.1) is 18.3 Å². The third-order valence-electron chi connectivity index (χ3n) is 7.36. The molecule has 0 radical (unpaired) electrons. The fraction of sp³-hybridized carbons (Fsp3) is 0.387. The van der Waals surface area contributed by atoms with Crippen LogP contribution in [0.15, 0.2) is 70.9 Å². The molecule has 38 heavy (non-hydrogen) atoms. The SMILES string of the molecule is C#Cc1cccc(C2C(C(=O)OC(C)N3CCN(Cc4ccccc4)CC3)=C(C)N=C(C)C2C(=O)OC)c1. The lowest BCUT2D eigenvalue weighted by Gasteiger charge is -2.38. The normalized spacial score (nSPS) is 21.3. The van der Waals surface area contributed by atoms with Gasteiger partial charge in [-0.25, -0.2) is 4.79 Å². The number of benzene rings is 2. The number of aliphatic imine (C=N–C) groups is 1. The summed E-state index contributed by atoms with van der Waals surface area (Å²) in [5.41, 5.74) is 4.18. The molecule has 1 fully saturated rings. The Morgan fingerprint density at radius 1 is 1.08 bits per heavy atom. The second-order valence-corrected chi connectivity index (χ2v) is 9.80. The maximum Gasteiger partial charge on any atom is 0.338 e. The van der Waals surface area contributed by atoms with E-state index in [1.165, 1.54) is 12.7 Å². The summed E-state index contributed by atoms with van der Waals surface area (Å²) in [7, 11) is 1.34. The Labute approximate surface area is 225 Å². The number of carbonyl (C=O) groups is 2. The van der Waals surface area contributed by atoms with Crippen LogP contribution in [0.1, 0.15) is 43.4 Å². The Morgan fingerprint density at radius 2 is 1.79 bits per heavy atom. The smallest absolute Gasteiger partial charge is 0.338 e. The fourth-order valence-corrected chi connectivity index (χ4v) is 5.34. The van der Waals surface area contributed by atoms with Gasteiger partial charge in [0, 0.05) is 55.6 Å². The highest BCUT2D eigenvalue weighted by Gasteiger charge is 2.42. The quantitative estimate of drug-likeness (QED) is 0.412. The van der Waals surface area contributed by atoms with Crippen molar-refractivity contribution in [3.05, 3.63) is 82.6 Å². The number of methoxy groups -OCH3 is 1. The molecule has 2 aliphatic rings. The summed E-state index contributed by atoms with van der Waals surface area (Å²) in [6.45, 7) is 9.69. The summed E-state index contributed by atoms with van der Waals surface area (Å²) >= 11 is 0. The zero-order valence-corrected chi connectivity index (χ0v) is 22.5. The van der Waals surface area contributed by atoms with E-state index in [4.69, 9.17) is 15.9 Å². The van der Waals surface area contributed by atoms with Gasteiger partial charge in [-0.3, -0.25) is 19.6 Å². The molecule has 2 aliphatic heterocycles. The van der Waals surface area contributed by atoms with Crippen LogP contribution in [0.3, 0.4) is 0 Å². The van der Waals surface area contributed by atoms with E-state index in [1.807, 2.05) is 37.3 Å². The third-order valence-corrected chi connectivity index (χ3v) is 7.36. The van der Waals surface area contributed by atoms with Crippen LogP contribution in [0.4, 0.5) is 0 Å². The van der Waals surface area contributed by atoms with Gasteiger partial charge in [-0.15, -0.1) is 6.42 Å². The lowest BCUT2D eigenvalue weighted by atomic mass is 9.75. The molecule has 0 spiro atoms. The van der Waals surface area contributed by atoms with Crippen molar-refractivity contribution >= 4 is 17.7 Å². The Morgan fingerprint density at radius 3 is 2.45 bits per heavy atom. The number of rotatable bonds is 7. The summed E-state index contributed by atoms with van der Waals surface area (Å²) in [4.78, 5) is 35.7. The van der Waals surface area contributed by atoms with E-state index in [1.54, 1.807) is 13.8 Å². The van der Waals surface area contributed by atoms with Gasteiger partial charge < -0.3 is 9.47 Å². The van der Waals surface area contributed by atoms with E-state index in [0.717, 1.165) is 38.3 Å². The second-order valence-electron chi connectivity index (χ2n) is 9.80. The maximum absolute atomic E-state index is 13.7. The van der Waals surface area contributed by atoms with Gasteiger partial charge in [-0.1, -0.05) is 48.4 Å². The van der Waals surface area contributed by atoms with Crippen LogP contribution in [-0.4, -0.2) is 67.0 Å². The van der Waals surface area contributed by atoms with E-state index in [2.05, 4.69) is 45.0 Å². The monoisotopic (exact) mass is 513 g/mol. The molecule has 2 aromatic rings. The van der Waals surface area contributed by atoms with Gasteiger partial charge in [0.1, 0.15) is 5.92 Å². The molecule has 1 saturated heterocycles. The summed E-state index contributed by atoms with van der Waals surface area (Å²) in [6, 6.07) is 17.8. The lowest BCUT2D eigenvalue weighted by molar-refractivity contribution is -0.155. The van der Waals surface area contributed by atoms with Crippen LogP contribution in [0.5, 0.6) is 0 Å². The first-order valence-corrected chi connectivity index (χ1v) is 12.9. The zero-order valence-electron chi connectivity index (χ0n) is 22.5. The molecule has 2 heterocycles. The molecule has 3 atom stereocenters. The average molecular weight is 514 g/mol. The van der Waals surface area contributed by atoms with Crippen LogP contribution in [-0.2, 0) is 25.6 Å². The molecule has 7 nitrogen and oxygen atoms in total. The minimum Gasteiger partial charge on any atom is -0.468 e. The Balaban J connectivity index is 1.51. The number of ether oxygens (including phenoxy) is 2. The molecule has 0 aliphatic carbocycles. The van der Waals surface area contributed by atoms with Gasteiger partial charge in [-0.2, -0.15) is 0 Å². The van der Waals surface area contributed by atoms with Crippen molar-refractivity contribution in [3.8, 4) is 12.3 Å². The van der Waals surface area contributed by atoms with Gasteiger partial charge in [0.15, 0.2) is 6.23 Å². The highest BCUT2D eigenvalue weighted by atomic mass is 16.6. The molecule has 0 N–H and O–H groups in total. The van der Waals surface area contributed by atoms with Crippen molar-refractivity contribution in [2.75, 3.05) is 33.3 Å². The van der Waals surface area contributed by atoms with Crippen molar-refractivity contribution in [1.82, 2.24) is 9.80 Å². The number of piperazine rings is 1. The molecule has 4 rings (SSSR count). The second kappa shape index (κ2) is 12.2. The largest absolute Gasteiger partial charge is 0.468 e. The van der Waals surface area contributed by atoms with Crippen LogP contribution < -0.4 is 0 Å². The lowest BCUT2D eigenvalue weighted by Crippen LogP contribution is -2.50. The first-order chi connectivity index (χ1) is 18.3. The predicted octanol–water partition coefficient (Wildman–Crippen LogP) is 4.00. The van der Waals surface area contributed by atoms with E-state index in [9.17, 15) is 9.59 Å². The van der Waals surface area contributed by atoms with Crippen molar-refractivity contribution in [3.63, 3.8) is 0 Å². The number of terminal acetylenes is 1. The molecule has 7 heteroatoms. The van der Waals surface area contributed by atoms with E-state index >= 15 is 0 Å². The van der Waals surface area contributed by atoms with Crippen LogP contribution in [0.2, 0.25) is 0 Å². The minimum absolute atomic E-state index is 0.356. The van der Waals surface area contributed by atoms with Gasteiger partial charge in [0.25, 0.3) is 0 Å². The zero-order chi connectivity index (χ0) is 27.2. The van der Waals surface area contributed by atoms with Crippen LogP contribution >= 0.6 is 0 Å². The van der Waals surface area contributed by atoms with Crippen LogP contribution in [0.25, 0.3) is 0 Å². The number of carbonyl (C=O) groups excluding carboxylic acids is 2. The highest BCUT2D eigenvalue weighted by Crippen LogP contribution is 2.40. The van der Waals surface area contributed by atoms with Gasteiger partial charge >= 0.3 is 11.9 Å². The van der Waals surface area contributed by atoms with Crippen molar-refractivity contribution in [2.45, 2.75) is 39.5 Å². The summed E-state index contributed by atoms with van der Waals surface area (Å²) in [6.07, 6.45) is 5.21. The van der Waals surface area contributed by atoms with E-state index < -0.39 is 30.0 Å². The molecule has 0 amide bonds. The summed E-state index contributed by atoms with van der Waals surface area (Å²) in [5.74, 6) is 0.328. The molecule has 198 valence electrons. The molecule has 0 bridgehead atoms. The van der Waals surface area contributed by atoms with Crippen molar-refractivity contribution in [2.24, 2.45) is 10.9 Å². The first kappa shape index (κ1) is 27.3. The number of hydrogen-bond acceptors (Lipinski definition) is 7. The fourth-order valence-electron chi connectivity index (χ4n) is 5.34. The average Bonchev–Trinajstić information content (AvgIpc) is 2.93. The molecular formula is C31H35N3O4. The Kier molecular flexibility index (Phi) is 8.77. The van der Waals surface area contributed by atoms with E-state index in [0.29, 0.717) is 22.5 Å². The molecule has 2 aromatic carbocycles. The van der Waals surface area contributed by atoms with Gasteiger partial charge in [0.2, 0.25) is 0 Å². The molecular weight excluding hydrogens is 478 g/mol. The molecule has 3 unspecified atom stereocenters.